The Kier molecular flexibility index (Phi) is 5.99. The summed E-state index contributed by atoms with van der Waals surface area (Å²) in [4.78, 5) is 18.2. The van der Waals surface area contributed by atoms with E-state index < -0.39 is 0 Å². The Balaban J connectivity index is 2.78. The van der Waals surface area contributed by atoms with E-state index in [1.807, 2.05) is 26.0 Å². The minimum atomic E-state index is -0.00611. The molecule has 0 radical (unpaired) electrons. The number of hydrogen-bond acceptors (Lipinski definition) is 3. The molecule has 112 valence electrons. The van der Waals surface area contributed by atoms with E-state index in [-0.39, 0.29) is 11.3 Å². The summed E-state index contributed by atoms with van der Waals surface area (Å²) >= 11 is 0. The molecule has 1 N–H and O–H groups in total. The van der Waals surface area contributed by atoms with Crippen LogP contribution in [0.25, 0.3) is 0 Å². The van der Waals surface area contributed by atoms with Crippen molar-refractivity contribution in [3.8, 4) is 0 Å². The quantitative estimate of drug-likeness (QED) is 0.830. The highest BCUT2D eigenvalue weighted by atomic mass is 16.2. The van der Waals surface area contributed by atoms with Crippen LogP contribution >= 0.6 is 0 Å². The Morgan fingerprint density at radius 3 is 2.50 bits per heavy atom. The first-order chi connectivity index (χ1) is 9.43. The predicted octanol–water partition coefficient (Wildman–Crippen LogP) is 3.41. The van der Waals surface area contributed by atoms with Gasteiger partial charge in [0.2, 0.25) is 0 Å². The highest BCUT2D eigenvalue weighted by Gasteiger charge is 2.16. The molecule has 20 heavy (non-hydrogen) atoms. The number of aromatic nitrogens is 1. The van der Waals surface area contributed by atoms with Gasteiger partial charge in [-0.1, -0.05) is 20.8 Å². The number of carbonyl (C=O) groups excluding carboxylic acids is 1. The Bertz CT molecular complexity index is 439. The number of anilines is 1. The Morgan fingerprint density at radius 2 is 1.95 bits per heavy atom. The standard InChI is InChI=1S/C16H27N3O/c1-6-16(4,5)12-18-13-9-10-17-14(11-13)15(20)19(7-2)8-3/h9-11H,6-8,12H2,1-5H3,(H,17,18). The molecule has 0 spiro atoms. The van der Waals surface area contributed by atoms with Crippen LogP contribution in [-0.4, -0.2) is 35.4 Å². The van der Waals surface area contributed by atoms with Crippen LogP contribution in [0.4, 0.5) is 5.69 Å². The van der Waals surface area contributed by atoms with Crippen molar-refractivity contribution in [1.29, 1.82) is 0 Å². The average Bonchev–Trinajstić information content (AvgIpc) is 2.47. The minimum absolute atomic E-state index is 0.00611. The Labute approximate surface area is 122 Å². The summed E-state index contributed by atoms with van der Waals surface area (Å²) in [6.45, 7) is 12.9. The van der Waals surface area contributed by atoms with Crippen molar-refractivity contribution < 1.29 is 4.79 Å². The summed E-state index contributed by atoms with van der Waals surface area (Å²) in [6, 6.07) is 3.75. The third-order valence-corrected chi connectivity index (χ3v) is 3.76. The second-order valence-electron chi connectivity index (χ2n) is 5.78. The lowest BCUT2D eigenvalue weighted by Crippen LogP contribution is -2.31. The van der Waals surface area contributed by atoms with Crippen LogP contribution in [0.1, 0.15) is 51.5 Å². The Hall–Kier alpha value is -1.58. The first-order valence-electron chi connectivity index (χ1n) is 7.42. The van der Waals surface area contributed by atoms with Gasteiger partial charge in [0.1, 0.15) is 5.69 Å². The van der Waals surface area contributed by atoms with E-state index in [0.717, 1.165) is 18.7 Å². The van der Waals surface area contributed by atoms with Gasteiger partial charge in [-0.3, -0.25) is 9.78 Å². The topological polar surface area (TPSA) is 45.2 Å². The summed E-state index contributed by atoms with van der Waals surface area (Å²) in [7, 11) is 0. The lowest BCUT2D eigenvalue weighted by molar-refractivity contribution is 0.0767. The maximum Gasteiger partial charge on any atom is 0.272 e. The van der Waals surface area contributed by atoms with Crippen molar-refractivity contribution in [3.05, 3.63) is 24.0 Å². The monoisotopic (exact) mass is 277 g/mol. The van der Waals surface area contributed by atoms with Crippen molar-refractivity contribution in [2.24, 2.45) is 5.41 Å². The highest BCUT2D eigenvalue weighted by Crippen LogP contribution is 2.20. The molecule has 0 aliphatic carbocycles. The number of carbonyl (C=O) groups is 1. The maximum atomic E-state index is 12.3. The largest absolute Gasteiger partial charge is 0.384 e. The number of amides is 1. The van der Waals surface area contributed by atoms with E-state index in [9.17, 15) is 4.79 Å². The summed E-state index contributed by atoms with van der Waals surface area (Å²) < 4.78 is 0. The third-order valence-electron chi connectivity index (χ3n) is 3.76. The molecule has 4 nitrogen and oxygen atoms in total. The number of rotatable bonds is 7. The van der Waals surface area contributed by atoms with E-state index in [0.29, 0.717) is 18.8 Å². The van der Waals surface area contributed by atoms with Gasteiger partial charge in [-0.15, -0.1) is 0 Å². The van der Waals surface area contributed by atoms with Crippen LogP contribution in [-0.2, 0) is 0 Å². The van der Waals surface area contributed by atoms with Crippen molar-refractivity contribution in [2.45, 2.75) is 41.0 Å². The maximum absolute atomic E-state index is 12.3. The van der Waals surface area contributed by atoms with Gasteiger partial charge in [-0.05, 0) is 37.8 Å². The second-order valence-corrected chi connectivity index (χ2v) is 5.78. The lowest BCUT2D eigenvalue weighted by Gasteiger charge is -2.24. The first kappa shape index (κ1) is 16.5. The molecule has 0 atom stereocenters. The zero-order valence-electron chi connectivity index (χ0n) is 13.4. The van der Waals surface area contributed by atoms with E-state index in [4.69, 9.17) is 0 Å². The summed E-state index contributed by atoms with van der Waals surface area (Å²) in [6.07, 6.45) is 2.80. The molecule has 1 amide bonds. The molecular formula is C16H27N3O. The van der Waals surface area contributed by atoms with Gasteiger partial charge in [0.05, 0.1) is 0 Å². The molecule has 0 aromatic carbocycles. The van der Waals surface area contributed by atoms with Gasteiger partial charge in [-0.2, -0.15) is 0 Å². The van der Waals surface area contributed by atoms with Crippen molar-refractivity contribution in [3.63, 3.8) is 0 Å². The van der Waals surface area contributed by atoms with Crippen molar-refractivity contribution in [1.82, 2.24) is 9.88 Å². The minimum Gasteiger partial charge on any atom is -0.384 e. The molecule has 1 aromatic rings. The van der Waals surface area contributed by atoms with E-state index in [2.05, 4.69) is 31.1 Å². The fourth-order valence-corrected chi connectivity index (χ4v) is 1.80. The number of nitrogens with one attached hydrogen (secondary N) is 1. The molecule has 0 aliphatic heterocycles. The van der Waals surface area contributed by atoms with Gasteiger partial charge in [0, 0.05) is 31.5 Å². The lowest BCUT2D eigenvalue weighted by atomic mass is 9.90. The van der Waals surface area contributed by atoms with Crippen LogP contribution in [0.5, 0.6) is 0 Å². The zero-order chi connectivity index (χ0) is 15.2. The van der Waals surface area contributed by atoms with Gasteiger partial charge in [0.25, 0.3) is 5.91 Å². The highest BCUT2D eigenvalue weighted by molar-refractivity contribution is 5.93. The second kappa shape index (κ2) is 7.27. The average molecular weight is 277 g/mol. The van der Waals surface area contributed by atoms with Gasteiger partial charge >= 0.3 is 0 Å². The number of hydrogen-bond donors (Lipinski definition) is 1. The van der Waals surface area contributed by atoms with Crippen LogP contribution in [0.2, 0.25) is 0 Å². The number of pyridine rings is 1. The molecule has 0 fully saturated rings. The smallest absolute Gasteiger partial charge is 0.272 e. The number of nitrogens with zero attached hydrogens (tertiary/aromatic N) is 2. The van der Waals surface area contributed by atoms with E-state index >= 15 is 0 Å². The van der Waals surface area contributed by atoms with Crippen LogP contribution in [0, 0.1) is 5.41 Å². The van der Waals surface area contributed by atoms with Gasteiger partial charge in [-0.25, -0.2) is 0 Å². The fraction of sp³-hybridized carbons (Fsp3) is 0.625. The fourth-order valence-electron chi connectivity index (χ4n) is 1.80. The van der Waals surface area contributed by atoms with Crippen LogP contribution in [0.3, 0.4) is 0 Å². The summed E-state index contributed by atoms with van der Waals surface area (Å²) in [5.74, 6) is -0.00611. The normalized spacial score (nSPS) is 11.2. The molecule has 1 heterocycles. The van der Waals surface area contributed by atoms with Crippen LogP contribution in [0.15, 0.2) is 18.3 Å². The molecule has 0 aliphatic rings. The van der Waals surface area contributed by atoms with Gasteiger partial charge in [0.15, 0.2) is 0 Å². The van der Waals surface area contributed by atoms with Crippen molar-refractivity contribution >= 4 is 11.6 Å². The van der Waals surface area contributed by atoms with E-state index in [1.54, 1.807) is 11.1 Å². The van der Waals surface area contributed by atoms with Gasteiger partial charge < -0.3 is 10.2 Å². The molecule has 0 unspecified atom stereocenters. The van der Waals surface area contributed by atoms with Crippen LogP contribution < -0.4 is 5.32 Å². The third kappa shape index (κ3) is 4.51. The molecule has 0 bridgehead atoms. The molecular weight excluding hydrogens is 250 g/mol. The summed E-state index contributed by atoms with van der Waals surface area (Å²) in [5.41, 5.74) is 1.71. The predicted molar refractivity (Wildman–Crippen MR) is 84.1 cm³/mol. The zero-order valence-corrected chi connectivity index (χ0v) is 13.4. The molecule has 0 saturated heterocycles. The SMILES string of the molecule is CCN(CC)C(=O)c1cc(NCC(C)(C)CC)ccn1. The Morgan fingerprint density at radius 1 is 1.30 bits per heavy atom. The van der Waals surface area contributed by atoms with Crippen molar-refractivity contribution in [2.75, 3.05) is 25.0 Å². The summed E-state index contributed by atoms with van der Waals surface area (Å²) in [5, 5.41) is 3.40. The molecule has 1 aromatic heterocycles. The van der Waals surface area contributed by atoms with E-state index in [1.165, 1.54) is 0 Å². The molecule has 4 heteroatoms. The first-order valence-corrected chi connectivity index (χ1v) is 7.42. The molecule has 0 saturated carbocycles. The molecule has 1 rings (SSSR count).